The summed E-state index contributed by atoms with van der Waals surface area (Å²) in [5.41, 5.74) is 0. The minimum Gasteiger partial charge on any atom is -0.756 e. The van der Waals surface area contributed by atoms with Crippen molar-refractivity contribution in [3.05, 3.63) is 97.2 Å². The topological polar surface area (TPSA) is 114 Å². The number of ether oxygens (including phenoxy) is 1. The van der Waals surface area contributed by atoms with Crippen molar-refractivity contribution in [3.8, 4) is 0 Å². The van der Waals surface area contributed by atoms with Gasteiger partial charge in [0.05, 0.1) is 33.8 Å². The number of quaternary nitrogens is 1. The number of allylic oxidation sites excluding steroid dienone is 15. The molecule has 1 amide bonds. The van der Waals surface area contributed by atoms with Crippen LogP contribution in [0.3, 0.4) is 0 Å². The van der Waals surface area contributed by atoms with Crippen LogP contribution in [0.4, 0.5) is 0 Å². The van der Waals surface area contributed by atoms with Crippen LogP contribution in [0, 0.1) is 0 Å². The van der Waals surface area contributed by atoms with Crippen molar-refractivity contribution < 1.29 is 37.3 Å². The molecule has 0 aromatic carbocycles. The Morgan fingerprint density at radius 2 is 0.762 bits per heavy atom. The van der Waals surface area contributed by atoms with Crippen molar-refractivity contribution in [3.63, 3.8) is 0 Å². The van der Waals surface area contributed by atoms with Crippen LogP contribution < -0.4 is 10.2 Å². The molecule has 3 unspecified atom stereocenters. The number of unbranched alkanes of at least 4 members (excludes halogenated alkanes) is 33. The highest BCUT2D eigenvalue weighted by Crippen LogP contribution is 2.38. The summed E-state index contributed by atoms with van der Waals surface area (Å²) in [6.45, 7) is 6.72. The van der Waals surface area contributed by atoms with Crippen LogP contribution >= 0.6 is 7.82 Å². The molecule has 486 valence electrons. The first-order valence-corrected chi connectivity index (χ1v) is 36.5. The Morgan fingerprint density at radius 3 is 1.15 bits per heavy atom. The molecule has 0 bridgehead atoms. The lowest BCUT2D eigenvalue weighted by atomic mass is 10.0. The van der Waals surface area contributed by atoms with Crippen LogP contribution in [0.1, 0.15) is 310 Å². The highest BCUT2D eigenvalue weighted by molar-refractivity contribution is 7.45. The number of phosphoric acid groups is 1. The molecule has 0 spiro atoms. The van der Waals surface area contributed by atoms with Gasteiger partial charge in [-0.15, -0.1) is 0 Å². The number of rotatable bonds is 63. The average molecular weight is 1190 g/mol. The normalized spacial score (nSPS) is 14.1. The third-order valence-electron chi connectivity index (χ3n) is 15.2. The minimum absolute atomic E-state index is 0.0312. The van der Waals surface area contributed by atoms with Crippen molar-refractivity contribution in [1.29, 1.82) is 0 Å². The molecule has 0 rings (SSSR count). The predicted molar refractivity (Wildman–Crippen MR) is 362 cm³/mol. The van der Waals surface area contributed by atoms with Crippen molar-refractivity contribution >= 4 is 19.7 Å². The summed E-state index contributed by atoms with van der Waals surface area (Å²) in [4.78, 5) is 40.2. The summed E-state index contributed by atoms with van der Waals surface area (Å²) in [7, 11) is 1.16. The molecular formula is C74H133N2O7P. The van der Waals surface area contributed by atoms with Gasteiger partial charge in [0.2, 0.25) is 5.91 Å². The molecule has 0 aliphatic carbocycles. The van der Waals surface area contributed by atoms with Crippen molar-refractivity contribution in [1.82, 2.24) is 5.32 Å². The maximum Gasteiger partial charge on any atom is 0.306 e. The lowest BCUT2D eigenvalue weighted by Gasteiger charge is -2.30. The number of nitrogens with one attached hydrogen (secondary N) is 1. The smallest absolute Gasteiger partial charge is 0.306 e. The molecular weight excluding hydrogens is 1060 g/mol. The van der Waals surface area contributed by atoms with E-state index in [0.29, 0.717) is 17.4 Å². The minimum atomic E-state index is -4.72. The lowest BCUT2D eigenvalue weighted by Crippen LogP contribution is -2.47. The molecule has 0 aliphatic heterocycles. The van der Waals surface area contributed by atoms with Gasteiger partial charge in [-0.2, -0.15) is 0 Å². The molecule has 0 heterocycles. The monoisotopic (exact) mass is 1190 g/mol. The second kappa shape index (κ2) is 63.0. The summed E-state index contributed by atoms with van der Waals surface area (Å²) in [5.74, 6) is -0.566. The standard InChI is InChI=1S/C74H133N2O7P/c1-7-10-13-16-19-22-25-28-30-32-34-36-38-40-42-44-46-48-51-54-57-60-63-66-73(77)75-71(70-82-84(79,80)81-69-68-76(4,5)6)72(65-62-59-56-53-50-27-24-21-18-15-12-9-3)83-74(78)67-64-61-58-55-52-49-47-45-43-41-39-37-35-33-31-29-26-23-20-17-14-11-8-2/h10,13,19,22,28-31,34,36,40,42,46,48,62,65,71-72H,7-9,11-12,14-18,20-21,23-27,32-33,35,37-39,41,43-45,47,49-61,63-64,66-70H2,1-6H3,(H-,75,77,79,80)/b13-10-,22-19-,30-28-,31-29+,36-34-,42-40-,48-46-,65-62+. The quantitative estimate of drug-likeness (QED) is 0.0212. The third kappa shape index (κ3) is 63.4. The van der Waals surface area contributed by atoms with E-state index in [2.05, 4.69) is 111 Å². The summed E-state index contributed by atoms with van der Waals surface area (Å²) in [5, 5.41) is 3.03. The molecule has 0 aromatic heterocycles. The van der Waals surface area contributed by atoms with E-state index < -0.39 is 26.6 Å². The number of nitrogens with zero attached hydrogens (tertiary/aromatic N) is 1. The molecule has 9 nitrogen and oxygen atoms in total. The number of esters is 1. The van der Waals surface area contributed by atoms with E-state index in [9.17, 15) is 19.0 Å². The Bertz CT molecular complexity index is 1760. The van der Waals surface area contributed by atoms with Crippen molar-refractivity contribution in [2.75, 3.05) is 40.9 Å². The summed E-state index contributed by atoms with van der Waals surface area (Å²) < 4.78 is 30.4. The highest BCUT2D eigenvalue weighted by atomic mass is 31.2. The van der Waals surface area contributed by atoms with Gasteiger partial charge < -0.3 is 28.5 Å². The van der Waals surface area contributed by atoms with Gasteiger partial charge in [-0.3, -0.25) is 14.2 Å². The van der Waals surface area contributed by atoms with Crippen molar-refractivity contribution in [2.24, 2.45) is 0 Å². The number of likely N-dealkylation sites (N-methyl/N-ethyl adjacent to an activating group) is 1. The molecule has 0 radical (unpaired) electrons. The molecule has 1 N–H and O–H groups in total. The van der Waals surface area contributed by atoms with Crippen LogP contribution in [0.25, 0.3) is 0 Å². The van der Waals surface area contributed by atoms with E-state index in [1.54, 1.807) is 0 Å². The summed E-state index contributed by atoms with van der Waals surface area (Å²) in [6, 6.07) is -0.908. The number of hydrogen-bond acceptors (Lipinski definition) is 7. The zero-order valence-corrected chi connectivity index (χ0v) is 56.5. The van der Waals surface area contributed by atoms with Crippen LogP contribution in [-0.4, -0.2) is 69.4 Å². The first kappa shape index (κ1) is 80.9. The molecule has 0 fully saturated rings. The number of hydrogen-bond donors (Lipinski definition) is 1. The number of carbonyl (C=O) groups excluding carboxylic acids is 2. The lowest BCUT2D eigenvalue weighted by molar-refractivity contribution is -0.870. The van der Waals surface area contributed by atoms with Crippen LogP contribution in [0.2, 0.25) is 0 Å². The predicted octanol–water partition coefficient (Wildman–Crippen LogP) is 21.7. The maximum atomic E-state index is 13.6. The van der Waals surface area contributed by atoms with Crippen molar-refractivity contribution in [2.45, 2.75) is 322 Å². The fourth-order valence-electron chi connectivity index (χ4n) is 9.87. The molecule has 0 saturated carbocycles. The first-order valence-electron chi connectivity index (χ1n) is 35.0. The van der Waals surface area contributed by atoms with Crippen LogP contribution in [-0.2, 0) is 27.9 Å². The van der Waals surface area contributed by atoms with E-state index in [-0.39, 0.29) is 31.3 Å². The van der Waals surface area contributed by atoms with Gasteiger partial charge in [0.25, 0.3) is 7.82 Å². The second-order valence-corrected chi connectivity index (χ2v) is 26.1. The Balaban J connectivity index is 5.15. The number of phosphoric ester groups is 1. The summed E-state index contributed by atoms with van der Waals surface area (Å²) >= 11 is 0. The van der Waals surface area contributed by atoms with Crippen LogP contribution in [0.15, 0.2) is 97.2 Å². The Morgan fingerprint density at radius 1 is 0.429 bits per heavy atom. The fraction of sp³-hybridized carbons (Fsp3) is 0.757. The number of carbonyl (C=O) groups is 2. The average Bonchev–Trinajstić information content (AvgIpc) is 3.64. The third-order valence-corrected chi connectivity index (χ3v) is 16.2. The van der Waals surface area contributed by atoms with Gasteiger partial charge in [0.1, 0.15) is 19.3 Å². The largest absolute Gasteiger partial charge is 0.756 e. The van der Waals surface area contributed by atoms with E-state index in [0.717, 1.165) is 103 Å². The molecule has 3 atom stereocenters. The molecule has 10 heteroatoms. The maximum absolute atomic E-state index is 13.6. The Hall–Kier alpha value is -3.07. The second-order valence-electron chi connectivity index (χ2n) is 24.6. The number of amides is 1. The molecule has 0 aliphatic rings. The van der Waals surface area contributed by atoms with E-state index >= 15 is 0 Å². The SMILES string of the molecule is CC/C=C\C/C=C\C/C=C\C/C=C\C/C=C\C/C=C\CCCCCCC(=O)NC(COP(=O)([O-])OCC[N+](C)(C)C)C(/C=C/CCCCCCCCCCCC)OC(=O)CCCCCCCCCCCCCCC/C=C/CCCCCCCC. The van der Waals surface area contributed by atoms with E-state index in [1.807, 2.05) is 33.3 Å². The van der Waals surface area contributed by atoms with E-state index in [1.165, 1.54) is 167 Å². The van der Waals surface area contributed by atoms with Gasteiger partial charge in [-0.05, 0) is 109 Å². The molecule has 84 heavy (non-hydrogen) atoms. The Labute approximate surface area is 519 Å². The fourth-order valence-corrected chi connectivity index (χ4v) is 10.6. The zero-order chi connectivity index (χ0) is 61.4. The van der Waals surface area contributed by atoms with Gasteiger partial charge in [-0.25, -0.2) is 0 Å². The highest BCUT2D eigenvalue weighted by Gasteiger charge is 2.27. The van der Waals surface area contributed by atoms with Gasteiger partial charge in [-0.1, -0.05) is 285 Å². The zero-order valence-electron chi connectivity index (χ0n) is 55.6. The van der Waals surface area contributed by atoms with Gasteiger partial charge >= 0.3 is 5.97 Å². The first-order chi connectivity index (χ1) is 40.9. The molecule has 0 aromatic rings. The van der Waals surface area contributed by atoms with Gasteiger partial charge in [0, 0.05) is 12.8 Å². The summed E-state index contributed by atoms with van der Waals surface area (Å²) in [6.07, 6.45) is 85.3. The molecule has 0 saturated heterocycles. The van der Waals surface area contributed by atoms with E-state index in [4.69, 9.17) is 13.8 Å². The Kier molecular flexibility index (Phi) is 60.7. The van der Waals surface area contributed by atoms with Crippen LogP contribution in [0.5, 0.6) is 0 Å². The van der Waals surface area contributed by atoms with Gasteiger partial charge in [0.15, 0.2) is 0 Å².